The van der Waals surface area contributed by atoms with Crippen LogP contribution in [0.3, 0.4) is 0 Å². The summed E-state index contributed by atoms with van der Waals surface area (Å²) in [6.45, 7) is 4.24. The highest BCUT2D eigenvalue weighted by Crippen LogP contribution is 2.27. The van der Waals surface area contributed by atoms with Crippen molar-refractivity contribution in [2.45, 2.75) is 33.1 Å². The quantitative estimate of drug-likeness (QED) is 0.678. The molecule has 3 rings (SSSR count). The molecule has 148 valence electrons. The van der Waals surface area contributed by atoms with Gasteiger partial charge in [-0.25, -0.2) is 4.79 Å². The molecule has 0 aliphatic carbocycles. The minimum absolute atomic E-state index is 0.218. The van der Waals surface area contributed by atoms with Gasteiger partial charge in [-0.15, -0.1) is 0 Å². The summed E-state index contributed by atoms with van der Waals surface area (Å²) in [5.41, 5.74) is 10.9. The second-order valence-electron chi connectivity index (χ2n) is 6.82. The topological polar surface area (TPSA) is 74.3 Å². The predicted octanol–water partition coefficient (Wildman–Crippen LogP) is 4.08. The van der Waals surface area contributed by atoms with Gasteiger partial charge in [0.1, 0.15) is 0 Å². The SMILES string of the molecule is COC(=O)c1ccccc1.Cc1ccc2c(c1)c(CCCC(N)=O)c(C)n2C. The van der Waals surface area contributed by atoms with Crippen molar-refractivity contribution >= 4 is 22.8 Å². The number of carbonyl (C=O) groups is 2. The Balaban J connectivity index is 0.000000237. The number of benzene rings is 2. The monoisotopic (exact) mass is 380 g/mol. The molecule has 0 spiro atoms. The molecule has 28 heavy (non-hydrogen) atoms. The third-order valence-electron chi connectivity index (χ3n) is 4.82. The molecule has 1 heterocycles. The van der Waals surface area contributed by atoms with Crippen LogP contribution in [-0.2, 0) is 23.0 Å². The summed E-state index contributed by atoms with van der Waals surface area (Å²) in [4.78, 5) is 21.6. The molecule has 5 nitrogen and oxygen atoms in total. The van der Waals surface area contributed by atoms with E-state index in [1.165, 1.54) is 34.8 Å². The average Bonchev–Trinajstić information content (AvgIpc) is 2.92. The number of amides is 1. The number of hydrogen-bond donors (Lipinski definition) is 1. The molecule has 0 unspecified atom stereocenters. The van der Waals surface area contributed by atoms with Crippen LogP contribution in [0, 0.1) is 13.8 Å². The summed E-state index contributed by atoms with van der Waals surface area (Å²) in [5, 5.41) is 1.31. The largest absolute Gasteiger partial charge is 0.465 e. The van der Waals surface area contributed by atoms with E-state index in [2.05, 4.69) is 48.4 Å². The standard InChI is InChI=1S/C15H20N2O.C8H8O2/c1-10-7-8-14-13(9-10)12(11(2)17(14)3)5-4-6-15(16)18;1-10-8(9)7-5-3-2-4-6-7/h7-9H,4-6H2,1-3H3,(H2,16,18);2-6H,1H3. The Labute approximate surface area is 166 Å². The number of ether oxygens (including phenoxy) is 1. The van der Waals surface area contributed by atoms with Gasteiger partial charge in [0.15, 0.2) is 0 Å². The number of carbonyl (C=O) groups excluding carboxylic acids is 2. The van der Waals surface area contributed by atoms with Crippen LogP contribution in [0.4, 0.5) is 0 Å². The first-order valence-corrected chi connectivity index (χ1v) is 9.31. The van der Waals surface area contributed by atoms with Gasteiger partial charge in [0.05, 0.1) is 12.7 Å². The van der Waals surface area contributed by atoms with Crippen LogP contribution in [0.25, 0.3) is 10.9 Å². The maximum absolute atomic E-state index is 10.8. The van der Waals surface area contributed by atoms with Crippen LogP contribution in [0.1, 0.15) is 40.0 Å². The Bertz CT molecular complexity index is 959. The first kappa shape index (κ1) is 21.2. The summed E-state index contributed by atoms with van der Waals surface area (Å²) in [7, 11) is 3.46. The van der Waals surface area contributed by atoms with Crippen LogP contribution in [0.5, 0.6) is 0 Å². The van der Waals surface area contributed by atoms with Gasteiger partial charge in [0, 0.05) is 30.1 Å². The van der Waals surface area contributed by atoms with E-state index in [4.69, 9.17) is 5.73 Å². The van der Waals surface area contributed by atoms with E-state index in [-0.39, 0.29) is 11.9 Å². The molecule has 1 amide bonds. The van der Waals surface area contributed by atoms with E-state index in [0.29, 0.717) is 12.0 Å². The smallest absolute Gasteiger partial charge is 0.337 e. The third kappa shape index (κ3) is 5.22. The van der Waals surface area contributed by atoms with Crippen molar-refractivity contribution < 1.29 is 14.3 Å². The van der Waals surface area contributed by atoms with Crippen LogP contribution in [0.2, 0.25) is 0 Å². The summed E-state index contributed by atoms with van der Waals surface area (Å²) >= 11 is 0. The number of aromatic nitrogens is 1. The molecule has 0 bridgehead atoms. The molecule has 3 aromatic rings. The van der Waals surface area contributed by atoms with Gasteiger partial charge < -0.3 is 15.0 Å². The summed E-state index contributed by atoms with van der Waals surface area (Å²) in [5.74, 6) is -0.510. The van der Waals surface area contributed by atoms with Crippen LogP contribution in [-0.4, -0.2) is 23.6 Å². The molecule has 0 atom stereocenters. The number of primary amides is 1. The van der Waals surface area contributed by atoms with Crippen LogP contribution < -0.4 is 5.73 Å². The number of aryl methyl sites for hydroxylation is 3. The number of methoxy groups -OCH3 is 1. The van der Waals surface area contributed by atoms with Crippen LogP contribution >= 0.6 is 0 Å². The van der Waals surface area contributed by atoms with Gasteiger partial charge in [0.25, 0.3) is 0 Å². The Morgan fingerprint density at radius 1 is 1.07 bits per heavy atom. The number of nitrogens with zero attached hydrogens (tertiary/aromatic N) is 1. The molecule has 5 heteroatoms. The summed E-state index contributed by atoms with van der Waals surface area (Å²) in [6.07, 6.45) is 2.19. The molecular formula is C23H28N2O3. The zero-order valence-corrected chi connectivity index (χ0v) is 17.0. The van der Waals surface area contributed by atoms with E-state index in [1.807, 2.05) is 6.07 Å². The summed E-state index contributed by atoms with van der Waals surface area (Å²) < 4.78 is 6.71. The average molecular weight is 380 g/mol. The van der Waals surface area contributed by atoms with E-state index < -0.39 is 0 Å². The lowest BCUT2D eigenvalue weighted by Gasteiger charge is -2.01. The number of esters is 1. The van der Waals surface area contributed by atoms with Gasteiger partial charge in [-0.2, -0.15) is 0 Å². The van der Waals surface area contributed by atoms with Crippen LogP contribution in [0.15, 0.2) is 48.5 Å². The lowest BCUT2D eigenvalue weighted by molar-refractivity contribution is -0.118. The molecule has 2 aromatic carbocycles. The molecule has 0 fully saturated rings. The second-order valence-corrected chi connectivity index (χ2v) is 6.82. The van der Waals surface area contributed by atoms with Gasteiger partial charge in [-0.3, -0.25) is 4.79 Å². The first-order chi connectivity index (χ1) is 13.3. The highest BCUT2D eigenvalue weighted by Gasteiger charge is 2.11. The predicted molar refractivity (Wildman–Crippen MR) is 112 cm³/mol. The van der Waals surface area contributed by atoms with Crippen molar-refractivity contribution in [2.24, 2.45) is 12.8 Å². The minimum Gasteiger partial charge on any atom is -0.465 e. The number of hydrogen-bond acceptors (Lipinski definition) is 3. The van der Waals surface area contributed by atoms with E-state index in [9.17, 15) is 9.59 Å². The normalized spacial score (nSPS) is 10.3. The van der Waals surface area contributed by atoms with E-state index >= 15 is 0 Å². The van der Waals surface area contributed by atoms with Crippen molar-refractivity contribution in [3.63, 3.8) is 0 Å². The first-order valence-electron chi connectivity index (χ1n) is 9.31. The Morgan fingerprint density at radius 2 is 1.75 bits per heavy atom. The van der Waals surface area contributed by atoms with Gasteiger partial charge >= 0.3 is 5.97 Å². The number of rotatable bonds is 5. The third-order valence-corrected chi connectivity index (χ3v) is 4.82. The molecule has 2 N–H and O–H groups in total. The molecule has 0 saturated heterocycles. The van der Waals surface area contributed by atoms with Crippen molar-refractivity contribution in [1.29, 1.82) is 0 Å². The lowest BCUT2D eigenvalue weighted by atomic mass is 10.0. The Morgan fingerprint density at radius 3 is 2.36 bits per heavy atom. The van der Waals surface area contributed by atoms with Crippen molar-refractivity contribution in [3.8, 4) is 0 Å². The van der Waals surface area contributed by atoms with Gasteiger partial charge in [-0.1, -0.05) is 29.8 Å². The van der Waals surface area contributed by atoms with Crippen molar-refractivity contribution in [2.75, 3.05) is 7.11 Å². The molecular weight excluding hydrogens is 352 g/mol. The fourth-order valence-corrected chi connectivity index (χ4v) is 3.21. The molecule has 1 aromatic heterocycles. The molecule has 0 aliphatic rings. The number of nitrogens with two attached hydrogens (primary N) is 1. The molecule has 0 radical (unpaired) electrons. The van der Waals surface area contributed by atoms with Gasteiger partial charge in [-0.05, 0) is 56.5 Å². The Kier molecular flexibility index (Phi) is 7.38. The lowest BCUT2D eigenvalue weighted by Crippen LogP contribution is -2.10. The highest BCUT2D eigenvalue weighted by molar-refractivity contribution is 5.89. The highest BCUT2D eigenvalue weighted by atomic mass is 16.5. The van der Waals surface area contributed by atoms with Crippen molar-refractivity contribution in [1.82, 2.24) is 4.57 Å². The fraction of sp³-hybridized carbons (Fsp3) is 0.304. The maximum Gasteiger partial charge on any atom is 0.337 e. The van der Waals surface area contributed by atoms with E-state index in [0.717, 1.165) is 12.8 Å². The zero-order chi connectivity index (χ0) is 20.7. The molecule has 0 aliphatic heterocycles. The molecule has 0 saturated carbocycles. The summed E-state index contributed by atoms with van der Waals surface area (Å²) in [6, 6.07) is 15.4. The second kappa shape index (κ2) is 9.74. The minimum atomic E-state index is -0.291. The maximum atomic E-state index is 10.8. The van der Waals surface area contributed by atoms with E-state index in [1.54, 1.807) is 24.3 Å². The van der Waals surface area contributed by atoms with Crippen molar-refractivity contribution in [3.05, 3.63) is 70.9 Å². The van der Waals surface area contributed by atoms with Gasteiger partial charge in [0.2, 0.25) is 5.91 Å². The zero-order valence-electron chi connectivity index (χ0n) is 17.0. The fourth-order valence-electron chi connectivity index (χ4n) is 3.21. The number of fused-ring (bicyclic) bond motifs is 1. The Hall–Kier alpha value is -3.08.